The van der Waals surface area contributed by atoms with Crippen molar-refractivity contribution in [3.05, 3.63) is 35.4 Å². The first-order valence-corrected chi connectivity index (χ1v) is 8.52. The molecule has 0 aromatic heterocycles. The molecule has 21 heavy (non-hydrogen) atoms. The molecule has 0 aliphatic heterocycles. The largest absolute Gasteiger partial charge is 0.387 e. The summed E-state index contributed by atoms with van der Waals surface area (Å²) in [5.74, 6) is 1.38. The molecule has 0 spiro atoms. The number of hydrogen-bond acceptors (Lipinski definition) is 2. The van der Waals surface area contributed by atoms with Crippen LogP contribution in [0.4, 0.5) is 0 Å². The molecule has 1 saturated carbocycles. The highest BCUT2D eigenvalue weighted by Crippen LogP contribution is 2.25. The molecule has 0 radical (unpaired) electrons. The Morgan fingerprint density at radius 1 is 1.05 bits per heavy atom. The number of aliphatic hydroxyl groups excluding tert-OH is 1. The molecular weight excluding hydrogens is 258 g/mol. The minimum Gasteiger partial charge on any atom is -0.387 e. The monoisotopic (exact) mass is 289 g/mol. The number of hydrogen-bond donors (Lipinski definition) is 1. The average molecular weight is 289 g/mol. The van der Waals surface area contributed by atoms with E-state index < -0.39 is 0 Å². The second kappa shape index (κ2) is 7.95. The van der Waals surface area contributed by atoms with E-state index in [0.29, 0.717) is 5.92 Å². The summed E-state index contributed by atoms with van der Waals surface area (Å²) in [6.45, 7) is 6.26. The Hall–Kier alpha value is -0.860. The first-order chi connectivity index (χ1) is 10.1. The molecule has 1 aromatic rings. The van der Waals surface area contributed by atoms with Crippen LogP contribution in [-0.2, 0) is 0 Å². The third kappa shape index (κ3) is 5.12. The highest BCUT2D eigenvalue weighted by molar-refractivity contribution is 5.26. The van der Waals surface area contributed by atoms with Crippen molar-refractivity contribution in [1.29, 1.82) is 0 Å². The molecule has 0 heterocycles. The fourth-order valence-corrected chi connectivity index (χ4v) is 3.39. The Balaban J connectivity index is 1.83. The fraction of sp³-hybridized carbons (Fsp3) is 0.684. The molecule has 2 nitrogen and oxygen atoms in total. The van der Waals surface area contributed by atoms with Crippen molar-refractivity contribution in [2.24, 2.45) is 5.92 Å². The van der Waals surface area contributed by atoms with Crippen LogP contribution in [0.1, 0.15) is 69.1 Å². The van der Waals surface area contributed by atoms with Crippen LogP contribution in [0.15, 0.2) is 24.3 Å². The molecule has 2 rings (SSSR count). The fourth-order valence-electron chi connectivity index (χ4n) is 3.39. The molecule has 118 valence electrons. The van der Waals surface area contributed by atoms with Crippen molar-refractivity contribution in [3.63, 3.8) is 0 Å². The number of rotatable bonds is 6. The van der Waals surface area contributed by atoms with Gasteiger partial charge in [0, 0.05) is 13.1 Å². The van der Waals surface area contributed by atoms with Crippen molar-refractivity contribution >= 4 is 0 Å². The maximum Gasteiger partial charge on any atom is 0.0916 e. The van der Waals surface area contributed by atoms with Gasteiger partial charge in [-0.25, -0.2) is 0 Å². The van der Waals surface area contributed by atoms with Gasteiger partial charge in [0.25, 0.3) is 0 Å². The SMILES string of the molecule is CC(C)c1ccc(C(O)CN(C)CC2CCCCC2)cc1. The summed E-state index contributed by atoms with van der Waals surface area (Å²) in [5, 5.41) is 10.4. The van der Waals surface area contributed by atoms with E-state index >= 15 is 0 Å². The quantitative estimate of drug-likeness (QED) is 0.841. The normalized spacial score (nSPS) is 18.4. The van der Waals surface area contributed by atoms with E-state index in [1.54, 1.807) is 0 Å². The van der Waals surface area contributed by atoms with E-state index in [1.165, 1.54) is 37.7 Å². The summed E-state index contributed by atoms with van der Waals surface area (Å²) in [5.41, 5.74) is 2.37. The zero-order valence-corrected chi connectivity index (χ0v) is 13.9. The van der Waals surface area contributed by atoms with E-state index in [0.717, 1.165) is 24.6 Å². The number of aliphatic hydroxyl groups is 1. The van der Waals surface area contributed by atoms with Crippen LogP contribution in [0, 0.1) is 5.92 Å². The number of likely N-dealkylation sites (N-methyl/N-ethyl adjacent to an activating group) is 1. The topological polar surface area (TPSA) is 23.5 Å². The Kier molecular flexibility index (Phi) is 6.25. The van der Waals surface area contributed by atoms with Gasteiger partial charge in [0.15, 0.2) is 0 Å². The van der Waals surface area contributed by atoms with Crippen LogP contribution in [0.5, 0.6) is 0 Å². The highest BCUT2D eigenvalue weighted by atomic mass is 16.3. The zero-order valence-electron chi connectivity index (χ0n) is 13.9. The van der Waals surface area contributed by atoms with Gasteiger partial charge < -0.3 is 10.0 Å². The molecule has 1 fully saturated rings. The second-order valence-corrected chi connectivity index (χ2v) is 7.06. The van der Waals surface area contributed by atoms with Gasteiger partial charge >= 0.3 is 0 Å². The van der Waals surface area contributed by atoms with Gasteiger partial charge in [-0.1, -0.05) is 57.4 Å². The predicted molar refractivity (Wildman–Crippen MR) is 89.6 cm³/mol. The second-order valence-electron chi connectivity index (χ2n) is 7.06. The molecule has 1 unspecified atom stereocenters. The van der Waals surface area contributed by atoms with Crippen LogP contribution in [0.25, 0.3) is 0 Å². The van der Waals surface area contributed by atoms with Crippen LogP contribution >= 0.6 is 0 Å². The van der Waals surface area contributed by atoms with Gasteiger partial charge in [-0.2, -0.15) is 0 Å². The molecule has 1 atom stereocenters. The highest BCUT2D eigenvalue weighted by Gasteiger charge is 2.17. The molecule has 2 heteroatoms. The molecule has 1 aliphatic rings. The third-order valence-electron chi connectivity index (χ3n) is 4.77. The minimum absolute atomic E-state index is 0.375. The van der Waals surface area contributed by atoms with Crippen LogP contribution < -0.4 is 0 Å². The van der Waals surface area contributed by atoms with Crippen molar-refractivity contribution < 1.29 is 5.11 Å². The first kappa shape index (κ1) is 16.5. The summed E-state index contributed by atoms with van der Waals surface area (Å²) in [7, 11) is 2.14. The standard InChI is InChI=1S/C19H31NO/c1-15(2)17-9-11-18(12-10-17)19(21)14-20(3)13-16-7-5-4-6-8-16/h9-12,15-16,19,21H,4-8,13-14H2,1-3H3. The lowest BCUT2D eigenvalue weighted by molar-refractivity contribution is 0.113. The molecule has 0 bridgehead atoms. The predicted octanol–water partition coefficient (Wildman–Crippen LogP) is 4.36. The van der Waals surface area contributed by atoms with E-state index in [9.17, 15) is 5.11 Å². The van der Waals surface area contributed by atoms with Crippen LogP contribution in [0.2, 0.25) is 0 Å². The van der Waals surface area contributed by atoms with Gasteiger partial charge in [-0.15, -0.1) is 0 Å². The van der Waals surface area contributed by atoms with Gasteiger partial charge in [0.05, 0.1) is 6.10 Å². The number of nitrogens with zero attached hydrogens (tertiary/aromatic N) is 1. The van der Waals surface area contributed by atoms with Gasteiger partial charge in [-0.3, -0.25) is 0 Å². The Morgan fingerprint density at radius 3 is 2.19 bits per heavy atom. The molecule has 0 saturated heterocycles. The Morgan fingerprint density at radius 2 is 1.62 bits per heavy atom. The lowest BCUT2D eigenvalue weighted by Crippen LogP contribution is -2.30. The molecule has 0 amide bonds. The van der Waals surface area contributed by atoms with Gasteiger partial charge in [-0.05, 0) is 42.9 Å². The van der Waals surface area contributed by atoms with Gasteiger partial charge in [0.1, 0.15) is 0 Å². The van der Waals surface area contributed by atoms with Crippen LogP contribution in [0.3, 0.4) is 0 Å². The Labute approximate surface area is 130 Å². The van der Waals surface area contributed by atoms with Crippen LogP contribution in [-0.4, -0.2) is 30.1 Å². The van der Waals surface area contributed by atoms with Crippen molar-refractivity contribution in [1.82, 2.24) is 4.90 Å². The zero-order chi connectivity index (χ0) is 15.2. The number of benzene rings is 1. The molecular formula is C19H31NO. The van der Waals surface area contributed by atoms with E-state index in [1.807, 2.05) is 0 Å². The molecule has 1 N–H and O–H groups in total. The Bertz CT molecular complexity index is 406. The van der Waals surface area contributed by atoms with E-state index in [2.05, 4.69) is 50.1 Å². The smallest absolute Gasteiger partial charge is 0.0916 e. The van der Waals surface area contributed by atoms with Crippen molar-refractivity contribution in [2.45, 2.75) is 58.0 Å². The lowest BCUT2D eigenvalue weighted by atomic mass is 9.89. The van der Waals surface area contributed by atoms with E-state index in [4.69, 9.17) is 0 Å². The van der Waals surface area contributed by atoms with E-state index in [-0.39, 0.29) is 6.10 Å². The summed E-state index contributed by atoms with van der Waals surface area (Å²) < 4.78 is 0. The summed E-state index contributed by atoms with van der Waals surface area (Å²) in [4.78, 5) is 2.30. The van der Waals surface area contributed by atoms with Gasteiger partial charge in [0.2, 0.25) is 0 Å². The average Bonchev–Trinajstić information content (AvgIpc) is 2.48. The minimum atomic E-state index is -0.375. The maximum atomic E-state index is 10.4. The third-order valence-corrected chi connectivity index (χ3v) is 4.77. The van der Waals surface area contributed by atoms with Crippen molar-refractivity contribution in [3.8, 4) is 0 Å². The summed E-state index contributed by atoms with van der Waals surface area (Å²) >= 11 is 0. The molecule has 1 aromatic carbocycles. The lowest BCUT2D eigenvalue weighted by Gasteiger charge is -2.28. The first-order valence-electron chi connectivity index (χ1n) is 8.52. The summed E-state index contributed by atoms with van der Waals surface area (Å²) in [6, 6.07) is 8.44. The summed E-state index contributed by atoms with van der Waals surface area (Å²) in [6.07, 6.45) is 6.54. The molecule has 1 aliphatic carbocycles. The maximum absolute atomic E-state index is 10.4. The van der Waals surface area contributed by atoms with Crippen molar-refractivity contribution in [2.75, 3.05) is 20.1 Å².